The van der Waals surface area contributed by atoms with E-state index in [4.69, 9.17) is 11.6 Å². The summed E-state index contributed by atoms with van der Waals surface area (Å²) in [6, 6.07) is 11.1. The predicted molar refractivity (Wildman–Crippen MR) is 85.4 cm³/mol. The molecule has 4 nitrogen and oxygen atoms in total. The molecule has 3 rings (SSSR count). The summed E-state index contributed by atoms with van der Waals surface area (Å²) in [6.45, 7) is 0.598. The van der Waals surface area contributed by atoms with E-state index in [1.807, 2.05) is 30.3 Å². The molecule has 0 fully saturated rings. The van der Waals surface area contributed by atoms with Gasteiger partial charge in [0, 0.05) is 21.8 Å². The van der Waals surface area contributed by atoms with Gasteiger partial charge in [0.15, 0.2) is 0 Å². The van der Waals surface area contributed by atoms with Crippen molar-refractivity contribution in [3.05, 3.63) is 57.4 Å². The number of carboxylic acids is 1. The van der Waals surface area contributed by atoms with Gasteiger partial charge in [0.1, 0.15) is 5.82 Å². The Morgan fingerprint density at radius 2 is 2.00 bits per heavy atom. The largest absolute Gasteiger partial charge is 0.478 e. The fraction of sp³-hybridized carbons (Fsp3) is 0.0667. The molecule has 0 spiro atoms. The second-order valence-corrected chi connectivity index (χ2v) is 6.23. The van der Waals surface area contributed by atoms with Crippen LogP contribution < -0.4 is 5.32 Å². The number of carboxylic acid groups (broad SMARTS) is 1. The van der Waals surface area contributed by atoms with Crippen molar-refractivity contribution in [2.24, 2.45) is 0 Å². The van der Waals surface area contributed by atoms with Gasteiger partial charge in [0.05, 0.1) is 16.4 Å². The Balaban J connectivity index is 1.96. The van der Waals surface area contributed by atoms with Gasteiger partial charge in [0.2, 0.25) is 0 Å². The first kappa shape index (κ1) is 13.9. The molecule has 3 aromatic rings. The summed E-state index contributed by atoms with van der Waals surface area (Å²) >= 11 is 7.40. The summed E-state index contributed by atoms with van der Waals surface area (Å²) in [5.74, 6) is -0.310. The minimum absolute atomic E-state index is 0.204. The third-order valence-corrected chi connectivity index (χ3v) is 4.32. The molecule has 0 saturated heterocycles. The average molecular weight is 319 g/mol. The van der Waals surface area contributed by atoms with Crippen LogP contribution in [-0.4, -0.2) is 16.1 Å². The third kappa shape index (κ3) is 2.84. The summed E-state index contributed by atoms with van der Waals surface area (Å²) in [7, 11) is 0. The molecular weight excluding hydrogens is 308 g/mol. The van der Waals surface area contributed by atoms with E-state index in [2.05, 4.69) is 10.3 Å². The van der Waals surface area contributed by atoms with Crippen molar-refractivity contribution in [1.82, 2.24) is 4.98 Å². The topological polar surface area (TPSA) is 62.2 Å². The zero-order valence-electron chi connectivity index (χ0n) is 10.8. The Kier molecular flexibility index (Phi) is 3.77. The molecule has 0 aliphatic carbocycles. The van der Waals surface area contributed by atoms with Crippen molar-refractivity contribution in [3.63, 3.8) is 0 Å². The standard InChI is InChI=1S/C15H11ClN2O2S/c16-13-6-5-9(21-13)7-17-14-11-4-2-1-3-10(11)12(8-18-14)15(19)20/h1-6,8H,7H2,(H,17,18)(H,19,20). The van der Waals surface area contributed by atoms with Crippen LogP contribution in [0.15, 0.2) is 42.6 Å². The second kappa shape index (κ2) is 5.71. The monoisotopic (exact) mass is 318 g/mol. The Labute approximate surface area is 130 Å². The van der Waals surface area contributed by atoms with E-state index in [0.29, 0.717) is 17.7 Å². The molecule has 0 aliphatic heterocycles. The maximum Gasteiger partial charge on any atom is 0.337 e. The first-order valence-corrected chi connectivity index (χ1v) is 7.44. The number of pyridine rings is 1. The van der Waals surface area contributed by atoms with Crippen molar-refractivity contribution >= 4 is 45.5 Å². The van der Waals surface area contributed by atoms with E-state index < -0.39 is 5.97 Å². The molecule has 21 heavy (non-hydrogen) atoms. The van der Waals surface area contributed by atoms with Crippen molar-refractivity contribution in [2.45, 2.75) is 6.54 Å². The SMILES string of the molecule is O=C(O)c1cnc(NCc2ccc(Cl)s2)c2ccccc12. The van der Waals surface area contributed by atoms with Crippen LogP contribution in [-0.2, 0) is 6.54 Å². The van der Waals surface area contributed by atoms with Crippen molar-refractivity contribution < 1.29 is 9.90 Å². The number of aromatic carboxylic acids is 1. The van der Waals surface area contributed by atoms with Crippen LogP contribution in [0.1, 0.15) is 15.2 Å². The van der Waals surface area contributed by atoms with Gasteiger partial charge in [-0.15, -0.1) is 11.3 Å². The number of benzene rings is 1. The van der Waals surface area contributed by atoms with Crippen LogP contribution in [0.5, 0.6) is 0 Å². The van der Waals surface area contributed by atoms with Gasteiger partial charge in [-0.05, 0) is 12.1 Å². The van der Waals surface area contributed by atoms with Crippen LogP contribution in [0.3, 0.4) is 0 Å². The fourth-order valence-corrected chi connectivity index (χ4v) is 3.15. The number of thiophene rings is 1. The molecule has 0 unspecified atom stereocenters. The normalized spacial score (nSPS) is 10.7. The maximum atomic E-state index is 11.2. The molecule has 0 amide bonds. The Morgan fingerprint density at radius 1 is 1.24 bits per heavy atom. The van der Waals surface area contributed by atoms with Gasteiger partial charge in [-0.3, -0.25) is 0 Å². The number of rotatable bonds is 4. The lowest BCUT2D eigenvalue weighted by Crippen LogP contribution is -2.04. The number of nitrogens with zero attached hydrogens (tertiary/aromatic N) is 1. The summed E-state index contributed by atoms with van der Waals surface area (Å²) in [5.41, 5.74) is 0.204. The molecule has 1 aromatic carbocycles. The summed E-state index contributed by atoms with van der Waals surface area (Å²) in [4.78, 5) is 16.6. The van der Waals surface area contributed by atoms with Gasteiger partial charge < -0.3 is 10.4 Å². The van der Waals surface area contributed by atoms with Gasteiger partial charge >= 0.3 is 5.97 Å². The number of carbonyl (C=O) groups is 1. The minimum atomic E-state index is -0.977. The quantitative estimate of drug-likeness (QED) is 0.754. The molecule has 2 heterocycles. The number of anilines is 1. The summed E-state index contributed by atoms with van der Waals surface area (Å²) in [5, 5.41) is 13.9. The van der Waals surface area contributed by atoms with Crippen LogP contribution in [0.4, 0.5) is 5.82 Å². The molecule has 2 aromatic heterocycles. The molecule has 0 radical (unpaired) electrons. The van der Waals surface area contributed by atoms with Crippen LogP contribution in [0.25, 0.3) is 10.8 Å². The molecule has 106 valence electrons. The lowest BCUT2D eigenvalue weighted by atomic mass is 10.1. The molecular formula is C15H11ClN2O2S. The van der Waals surface area contributed by atoms with Crippen molar-refractivity contribution in [2.75, 3.05) is 5.32 Å². The molecule has 0 saturated carbocycles. The van der Waals surface area contributed by atoms with E-state index in [-0.39, 0.29) is 5.56 Å². The van der Waals surface area contributed by atoms with Crippen LogP contribution >= 0.6 is 22.9 Å². The number of hydrogen-bond donors (Lipinski definition) is 2. The highest BCUT2D eigenvalue weighted by Gasteiger charge is 2.12. The number of halogens is 1. The van der Waals surface area contributed by atoms with E-state index in [0.717, 1.165) is 14.6 Å². The lowest BCUT2D eigenvalue weighted by Gasteiger charge is -2.09. The zero-order valence-corrected chi connectivity index (χ0v) is 12.4. The van der Waals surface area contributed by atoms with E-state index in [9.17, 15) is 9.90 Å². The Hall–Kier alpha value is -2.11. The van der Waals surface area contributed by atoms with Crippen LogP contribution in [0.2, 0.25) is 4.34 Å². The van der Waals surface area contributed by atoms with Gasteiger partial charge in [-0.1, -0.05) is 35.9 Å². The van der Waals surface area contributed by atoms with E-state index >= 15 is 0 Å². The van der Waals surface area contributed by atoms with E-state index in [1.165, 1.54) is 17.5 Å². The molecule has 0 aliphatic rings. The molecule has 2 N–H and O–H groups in total. The third-order valence-electron chi connectivity index (χ3n) is 3.08. The number of nitrogens with one attached hydrogen (secondary N) is 1. The minimum Gasteiger partial charge on any atom is -0.478 e. The lowest BCUT2D eigenvalue weighted by molar-refractivity contribution is 0.0698. The van der Waals surface area contributed by atoms with Gasteiger partial charge in [0.25, 0.3) is 0 Å². The van der Waals surface area contributed by atoms with Crippen molar-refractivity contribution in [3.8, 4) is 0 Å². The summed E-state index contributed by atoms with van der Waals surface area (Å²) < 4.78 is 0.742. The van der Waals surface area contributed by atoms with Crippen LogP contribution in [0, 0.1) is 0 Å². The fourth-order valence-electron chi connectivity index (χ4n) is 2.12. The zero-order chi connectivity index (χ0) is 14.8. The highest BCUT2D eigenvalue weighted by Crippen LogP contribution is 2.26. The Morgan fingerprint density at radius 3 is 2.67 bits per heavy atom. The van der Waals surface area contributed by atoms with Gasteiger partial charge in [-0.2, -0.15) is 0 Å². The number of fused-ring (bicyclic) bond motifs is 1. The molecule has 6 heteroatoms. The van der Waals surface area contributed by atoms with Crippen molar-refractivity contribution in [1.29, 1.82) is 0 Å². The first-order chi connectivity index (χ1) is 10.1. The van der Waals surface area contributed by atoms with Gasteiger partial charge in [-0.25, -0.2) is 9.78 Å². The van der Waals surface area contributed by atoms with E-state index in [1.54, 1.807) is 6.07 Å². The highest BCUT2D eigenvalue weighted by atomic mass is 35.5. The number of aromatic nitrogens is 1. The smallest absolute Gasteiger partial charge is 0.337 e. The predicted octanol–water partition coefficient (Wildman–Crippen LogP) is 4.26. The average Bonchev–Trinajstić information content (AvgIpc) is 2.90. The molecule has 0 bridgehead atoms. The Bertz CT molecular complexity index is 816. The highest BCUT2D eigenvalue weighted by molar-refractivity contribution is 7.16. The molecule has 0 atom stereocenters. The maximum absolute atomic E-state index is 11.2. The summed E-state index contributed by atoms with van der Waals surface area (Å²) in [6.07, 6.45) is 1.38. The second-order valence-electron chi connectivity index (χ2n) is 4.43. The first-order valence-electron chi connectivity index (χ1n) is 6.24. The number of hydrogen-bond acceptors (Lipinski definition) is 4.